The van der Waals surface area contributed by atoms with Crippen LogP contribution in [-0.4, -0.2) is 93.1 Å². The van der Waals surface area contributed by atoms with Crippen LogP contribution in [-0.2, 0) is 16.1 Å². The Morgan fingerprint density at radius 3 is 2.41 bits per heavy atom. The number of likely N-dealkylation sites (tertiary alicyclic amines) is 1. The Labute approximate surface area is 259 Å². The molecule has 2 fully saturated rings. The molecule has 3 heterocycles. The van der Waals surface area contributed by atoms with Gasteiger partial charge < -0.3 is 25.1 Å². The van der Waals surface area contributed by atoms with E-state index < -0.39 is 5.60 Å². The molecular formula is C34H44N6O4. The van der Waals surface area contributed by atoms with Crippen LogP contribution in [0.5, 0.6) is 0 Å². The molecule has 0 radical (unpaired) electrons. The molecule has 10 nitrogen and oxygen atoms in total. The molecule has 0 spiro atoms. The summed E-state index contributed by atoms with van der Waals surface area (Å²) in [4.78, 5) is 49.7. The number of rotatable bonds is 9. The molecule has 1 atom stereocenters. The standard InChI is InChI=1S/C34H44N6O4/c1-25(2)29(26-7-5-4-6-8-26)22-32(42)39-15-12-34(44,13-16-39)23-40-24-35-30-21-27(9-10-28(30)33(40)43)36-31(41)11-14-38-19-17-37(3)18-20-38/h4-11,14,21,24-25,29,44H,12-13,15-20,22-23H2,1-3H3,(H,36,41)/b14-11+. The van der Waals surface area contributed by atoms with E-state index in [0.717, 1.165) is 26.2 Å². The summed E-state index contributed by atoms with van der Waals surface area (Å²) in [5.74, 6) is 0.311. The molecule has 2 amide bonds. The molecule has 234 valence electrons. The quantitative estimate of drug-likeness (QED) is 0.363. The van der Waals surface area contributed by atoms with Crippen molar-refractivity contribution >= 4 is 28.4 Å². The Morgan fingerprint density at radius 2 is 1.73 bits per heavy atom. The first kappa shape index (κ1) is 31.4. The van der Waals surface area contributed by atoms with E-state index in [1.165, 1.54) is 22.5 Å². The van der Waals surface area contributed by atoms with Crippen LogP contribution >= 0.6 is 0 Å². The van der Waals surface area contributed by atoms with Crippen molar-refractivity contribution < 1.29 is 14.7 Å². The maximum absolute atomic E-state index is 13.3. The topological polar surface area (TPSA) is 111 Å². The number of likely N-dealkylation sites (N-methyl/N-ethyl adjacent to an activating group) is 1. The van der Waals surface area contributed by atoms with Crippen LogP contribution in [0.1, 0.15) is 44.6 Å². The Balaban J connectivity index is 1.17. The highest BCUT2D eigenvalue weighted by Crippen LogP contribution is 2.30. The summed E-state index contributed by atoms with van der Waals surface area (Å²) in [6, 6.07) is 15.2. The number of carbonyl (C=O) groups excluding carboxylic acids is 2. The smallest absolute Gasteiger partial charge is 0.261 e. The first-order chi connectivity index (χ1) is 21.1. The van der Waals surface area contributed by atoms with Crippen LogP contribution in [0.25, 0.3) is 10.9 Å². The van der Waals surface area contributed by atoms with Gasteiger partial charge in [-0.15, -0.1) is 0 Å². The van der Waals surface area contributed by atoms with Crippen molar-refractivity contribution in [3.05, 3.63) is 83.1 Å². The fraction of sp³-hybridized carbons (Fsp3) is 0.471. The van der Waals surface area contributed by atoms with E-state index in [4.69, 9.17) is 0 Å². The number of nitrogens with zero attached hydrogens (tertiary/aromatic N) is 5. The van der Waals surface area contributed by atoms with E-state index in [2.05, 4.69) is 53.1 Å². The van der Waals surface area contributed by atoms with Gasteiger partial charge in [0, 0.05) is 63.7 Å². The summed E-state index contributed by atoms with van der Waals surface area (Å²) in [6.45, 7) is 8.95. The normalized spacial score (nSPS) is 18.2. The predicted molar refractivity (Wildman–Crippen MR) is 172 cm³/mol. The molecule has 44 heavy (non-hydrogen) atoms. The van der Waals surface area contributed by atoms with E-state index in [0.29, 0.717) is 54.9 Å². The van der Waals surface area contributed by atoms with E-state index in [-0.39, 0.29) is 29.8 Å². The van der Waals surface area contributed by atoms with E-state index in [1.807, 2.05) is 29.3 Å². The van der Waals surface area contributed by atoms with Crippen molar-refractivity contribution in [2.45, 2.75) is 51.2 Å². The Morgan fingerprint density at radius 1 is 1.02 bits per heavy atom. The van der Waals surface area contributed by atoms with Gasteiger partial charge in [0.05, 0.1) is 29.4 Å². The number of piperidine rings is 1. The highest BCUT2D eigenvalue weighted by Gasteiger charge is 2.35. The van der Waals surface area contributed by atoms with Gasteiger partial charge in [0.25, 0.3) is 5.56 Å². The number of fused-ring (bicyclic) bond motifs is 1. The van der Waals surface area contributed by atoms with Gasteiger partial charge in [-0.25, -0.2) is 4.98 Å². The average Bonchev–Trinajstić information content (AvgIpc) is 3.01. The maximum atomic E-state index is 13.3. The van der Waals surface area contributed by atoms with Crippen LogP contribution in [0.3, 0.4) is 0 Å². The van der Waals surface area contributed by atoms with Crippen molar-refractivity contribution in [2.75, 3.05) is 51.6 Å². The van der Waals surface area contributed by atoms with Crippen molar-refractivity contribution in [1.82, 2.24) is 24.3 Å². The molecule has 0 saturated carbocycles. The lowest BCUT2D eigenvalue weighted by atomic mass is 9.84. The summed E-state index contributed by atoms with van der Waals surface area (Å²) in [5.41, 5.74) is 0.824. The van der Waals surface area contributed by atoms with Crippen LogP contribution in [0, 0.1) is 5.92 Å². The first-order valence-corrected chi connectivity index (χ1v) is 15.6. The number of amides is 2. The molecule has 5 rings (SSSR count). The van der Waals surface area contributed by atoms with Gasteiger partial charge >= 0.3 is 0 Å². The fourth-order valence-electron chi connectivity index (χ4n) is 6.08. The van der Waals surface area contributed by atoms with Gasteiger partial charge in [0.1, 0.15) is 0 Å². The van der Waals surface area contributed by atoms with Crippen LogP contribution in [0.15, 0.2) is 71.9 Å². The van der Waals surface area contributed by atoms with Gasteiger partial charge in [-0.1, -0.05) is 44.2 Å². The first-order valence-electron chi connectivity index (χ1n) is 15.6. The van der Waals surface area contributed by atoms with Crippen molar-refractivity contribution in [3.8, 4) is 0 Å². The average molecular weight is 601 g/mol. The fourth-order valence-corrected chi connectivity index (χ4v) is 6.08. The second-order valence-electron chi connectivity index (χ2n) is 12.6. The molecule has 1 unspecified atom stereocenters. The second kappa shape index (κ2) is 13.7. The lowest BCUT2D eigenvalue weighted by Gasteiger charge is -2.39. The number of anilines is 1. The zero-order valence-corrected chi connectivity index (χ0v) is 26.0. The van der Waals surface area contributed by atoms with Gasteiger partial charge in [-0.2, -0.15) is 0 Å². The number of hydrogen-bond donors (Lipinski definition) is 2. The highest BCUT2D eigenvalue weighted by molar-refractivity contribution is 6.00. The van der Waals surface area contributed by atoms with Crippen molar-refractivity contribution in [2.24, 2.45) is 5.92 Å². The number of aromatic nitrogens is 2. The zero-order chi connectivity index (χ0) is 31.3. The Kier molecular flexibility index (Phi) is 9.80. The van der Waals surface area contributed by atoms with Crippen LogP contribution in [0.4, 0.5) is 5.69 Å². The SMILES string of the molecule is CC(C)C(CC(=O)N1CCC(O)(Cn2cnc3cc(NC(=O)/C=C/N4CCN(C)CC4)ccc3c2=O)CC1)c1ccccc1. The van der Waals surface area contributed by atoms with Gasteiger partial charge in [-0.3, -0.25) is 19.0 Å². The van der Waals surface area contributed by atoms with Crippen LogP contribution < -0.4 is 10.9 Å². The minimum absolute atomic E-state index is 0.0943. The lowest BCUT2D eigenvalue weighted by molar-refractivity contribution is -0.136. The zero-order valence-electron chi connectivity index (χ0n) is 26.0. The second-order valence-corrected chi connectivity index (χ2v) is 12.6. The number of nitrogens with one attached hydrogen (secondary N) is 1. The molecule has 3 aromatic rings. The lowest BCUT2D eigenvalue weighted by Crippen LogP contribution is -2.50. The third-order valence-electron chi connectivity index (χ3n) is 9.01. The number of piperazine rings is 1. The molecule has 2 saturated heterocycles. The molecule has 2 aliphatic rings. The summed E-state index contributed by atoms with van der Waals surface area (Å²) in [5, 5.41) is 14.6. The molecule has 0 aliphatic carbocycles. The largest absolute Gasteiger partial charge is 0.388 e. The van der Waals surface area contributed by atoms with Crippen molar-refractivity contribution in [3.63, 3.8) is 0 Å². The summed E-state index contributed by atoms with van der Waals surface area (Å²) < 4.78 is 1.45. The molecule has 10 heteroatoms. The van der Waals surface area contributed by atoms with Gasteiger partial charge in [-0.05, 0) is 55.5 Å². The van der Waals surface area contributed by atoms with E-state index in [1.54, 1.807) is 18.2 Å². The summed E-state index contributed by atoms with van der Waals surface area (Å²) >= 11 is 0. The predicted octanol–water partition coefficient (Wildman–Crippen LogP) is 3.28. The van der Waals surface area contributed by atoms with Crippen LogP contribution in [0.2, 0.25) is 0 Å². The Bertz CT molecular complexity index is 1540. The number of hydrogen-bond acceptors (Lipinski definition) is 7. The molecule has 2 N–H and O–H groups in total. The monoisotopic (exact) mass is 600 g/mol. The molecule has 2 aromatic carbocycles. The Hall–Kier alpha value is -4.02. The third kappa shape index (κ3) is 7.73. The molecular weight excluding hydrogens is 556 g/mol. The highest BCUT2D eigenvalue weighted by atomic mass is 16.3. The van der Waals surface area contributed by atoms with Gasteiger partial charge in [0.2, 0.25) is 11.8 Å². The number of benzene rings is 2. The minimum atomic E-state index is -1.11. The van der Waals surface area contributed by atoms with E-state index in [9.17, 15) is 19.5 Å². The minimum Gasteiger partial charge on any atom is -0.388 e. The summed E-state index contributed by atoms with van der Waals surface area (Å²) in [6.07, 6.45) is 5.99. The number of carbonyl (C=O) groups is 2. The van der Waals surface area contributed by atoms with Crippen molar-refractivity contribution in [1.29, 1.82) is 0 Å². The third-order valence-corrected chi connectivity index (χ3v) is 9.01. The molecule has 0 bridgehead atoms. The number of aliphatic hydroxyl groups is 1. The molecule has 1 aromatic heterocycles. The maximum Gasteiger partial charge on any atom is 0.261 e. The van der Waals surface area contributed by atoms with Gasteiger partial charge in [0.15, 0.2) is 0 Å². The van der Waals surface area contributed by atoms with E-state index >= 15 is 0 Å². The summed E-state index contributed by atoms with van der Waals surface area (Å²) in [7, 11) is 2.08. The molecule has 2 aliphatic heterocycles.